The van der Waals surface area contributed by atoms with Crippen LogP contribution in [-0.4, -0.2) is 16.1 Å². The van der Waals surface area contributed by atoms with Crippen LogP contribution < -0.4 is 5.32 Å². The maximum absolute atomic E-state index is 11.1. The Hall–Kier alpha value is -1.88. The second-order valence-electron chi connectivity index (χ2n) is 3.87. The molecular weight excluding hydrogens is 296 g/mol. The minimum Gasteiger partial charge on any atom is -0.478 e. The van der Waals surface area contributed by atoms with E-state index in [0.717, 1.165) is 15.7 Å². The fourth-order valence-corrected chi connectivity index (χ4v) is 2.25. The number of hydrogen-bond donors (Lipinski definition) is 2. The van der Waals surface area contributed by atoms with Crippen LogP contribution in [0.5, 0.6) is 0 Å². The largest absolute Gasteiger partial charge is 0.478 e. The molecule has 0 aliphatic carbocycles. The van der Waals surface area contributed by atoms with E-state index < -0.39 is 5.97 Å². The van der Waals surface area contributed by atoms with Gasteiger partial charge < -0.3 is 10.4 Å². The number of halogens is 1. The van der Waals surface area contributed by atoms with E-state index in [2.05, 4.69) is 26.2 Å². The van der Waals surface area contributed by atoms with Crippen LogP contribution in [0.4, 0.5) is 11.4 Å². The summed E-state index contributed by atoms with van der Waals surface area (Å²) in [5, 5.41) is 12.1. The first-order valence-corrected chi connectivity index (χ1v) is 6.07. The second-order valence-corrected chi connectivity index (χ2v) is 4.78. The Kier molecular flexibility index (Phi) is 3.62. The summed E-state index contributed by atoms with van der Waals surface area (Å²) in [5.74, 6) is -0.980. The van der Waals surface area contributed by atoms with Crippen LogP contribution >= 0.6 is 15.9 Å². The molecule has 5 heteroatoms. The van der Waals surface area contributed by atoms with E-state index in [9.17, 15) is 4.79 Å². The van der Waals surface area contributed by atoms with E-state index in [4.69, 9.17) is 5.11 Å². The van der Waals surface area contributed by atoms with Crippen molar-refractivity contribution in [3.63, 3.8) is 0 Å². The third-order valence-electron chi connectivity index (χ3n) is 2.37. The van der Waals surface area contributed by atoms with Crippen molar-refractivity contribution < 1.29 is 9.90 Å². The number of carboxylic acid groups (broad SMARTS) is 1. The highest BCUT2D eigenvalue weighted by molar-refractivity contribution is 9.10. The highest BCUT2D eigenvalue weighted by atomic mass is 79.9. The third kappa shape index (κ3) is 2.87. The van der Waals surface area contributed by atoms with Crippen LogP contribution in [0, 0.1) is 6.92 Å². The van der Waals surface area contributed by atoms with E-state index in [1.165, 1.54) is 18.5 Å². The number of carbonyl (C=O) groups is 1. The Balaban J connectivity index is 2.37. The van der Waals surface area contributed by atoms with E-state index in [-0.39, 0.29) is 5.56 Å². The first-order chi connectivity index (χ1) is 8.56. The first-order valence-electron chi connectivity index (χ1n) is 5.28. The van der Waals surface area contributed by atoms with Crippen LogP contribution in [0.2, 0.25) is 0 Å². The number of carboxylic acids is 1. The summed E-state index contributed by atoms with van der Waals surface area (Å²) in [7, 11) is 0. The molecule has 92 valence electrons. The van der Waals surface area contributed by atoms with Crippen molar-refractivity contribution >= 4 is 33.3 Å². The molecule has 0 bridgehead atoms. The quantitative estimate of drug-likeness (QED) is 0.909. The summed E-state index contributed by atoms with van der Waals surface area (Å²) in [6.45, 7) is 1.97. The summed E-state index contributed by atoms with van der Waals surface area (Å²) < 4.78 is 0.936. The zero-order valence-corrected chi connectivity index (χ0v) is 11.2. The Morgan fingerprint density at radius 3 is 2.83 bits per heavy atom. The fourth-order valence-electron chi connectivity index (χ4n) is 1.64. The molecule has 0 radical (unpaired) electrons. The van der Waals surface area contributed by atoms with Gasteiger partial charge in [-0.2, -0.15) is 0 Å². The van der Waals surface area contributed by atoms with Crippen LogP contribution in [-0.2, 0) is 0 Å². The number of aryl methyl sites for hydroxylation is 1. The number of hydrogen-bond acceptors (Lipinski definition) is 3. The maximum Gasteiger partial charge on any atom is 0.337 e. The van der Waals surface area contributed by atoms with E-state index in [0.29, 0.717) is 5.69 Å². The van der Waals surface area contributed by atoms with Gasteiger partial charge in [0.1, 0.15) is 0 Å². The molecule has 0 saturated heterocycles. The van der Waals surface area contributed by atoms with Crippen molar-refractivity contribution in [2.45, 2.75) is 6.92 Å². The third-order valence-corrected chi connectivity index (χ3v) is 2.83. The van der Waals surface area contributed by atoms with E-state index in [1.807, 2.05) is 25.1 Å². The van der Waals surface area contributed by atoms with Gasteiger partial charge >= 0.3 is 5.97 Å². The highest BCUT2D eigenvalue weighted by Crippen LogP contribution is 2.24. The Labute approximate surface area is 113 Å². The molecule has 2 aromatic rings. The predicted molar refractivity (Wildman–Crippen MR) is 73.4 cm³/mol. The van der Waals surface area contributed by atoms with E-state index in [1.54, 1.807) is 0 Å². The summed E-state index contributed by atoms with van der Waals surface area (Å²) in [5.41, 5.74) is 2.56. The fraction of sp³-hybridized carbons (Fsp3) is 0.0769. The summed E-state index contributed by atoms with van der Waals surface area (Å²) in [6.07, 6.45) is 2.96. The van der Waals surface area contributed by atoms with Gasteiger partial charge in [0.25, 0.3) is 0 Å². The normalized spacial score (nSPS) is 10.1. The molecule has 0 aliphatic rings. The van der Waals surface area contributed by atoms with Gasteiger partial charge in [0.05, 0.1) is 17.4 Å². The van der Waals surface area contributed by atoms with Gasteiger partial charge in [0, 0.05) is 16.4 Å². The van der Waals surface area contributed by atoms with Crippen molar-refractivity contribution in [3.05, 3.63) is 52.3 Å². The van der Waals surface area contributed by atoms with Crippen molar-refractivity contribution in [2.24, 2.45) is 0 Å². The van der Waals surface area contributed by atoms with Gasteiger partial charge in [-0.1, -0.05) is 15.9 Å². The van der Waals surface area contributed by atoms with Crippen molar-refractivity contribution in [1.82, 2.24) is 4.98 Å². The lowest BCUT2D eigenvalue weighted by Crippen LogP contribution is -2.03. The molecule has 0 amide bonds. The number of aromatic nitrogens is 1. The maximum atomic E-state index is 11.1. The average Bonchev–Trinajstić information content (AvgIpc) is 2.27. The number of anilines is 2. The second kappa shape index (κ2) is 5.18. The molecule has 1 aromatic heterocycles. The number of nitrogens with one attached hydrogen (secondary N) is 1. The number of rotatable bonds is 3. The van der Waals surface area contributed by atoms with Gasteiger partial charge in [0.2, 0.25) is 0 Å². The minimum atomic E-state index is -0.980. The van der Waals surface area contributed by atoms with Crippen molar-refractivity contribution in [2.75, 3.05) is 5.32 Å². The lowest BCUT2D eigenvalue weighted by atomic mass is 10.2. The zero-order valence-electron chi connectivity index (χ0n) is 9.64. The van der Waals surface area contributed by atoms with Crippen LogP contribution in [0.3, 0.4) is 0 Å². The van der Waals surface area contributed by atoms with Crippen LogP contribution in [0.1, 0.15) is 15.9 Å². The molecule has 0 fully saturated rings. The standard InChI is InChI=1S/C13H11BrN2O2/c1-8-4-9(14)6-10(5-8)16-12-7-15-3-2-11(12)13(17)18/h2-7,16H,1H3,(H,17,18). The molecule has 2 N–H and O–H groups in total. The molecule has 0 atom stereocenters. The van der Waals surface area contributed by atoms with Crippen LogP contribution in [0.25, 0.3) is 0 Å². The Morgan fingerprint density at radius 1 is 1.39 bits per heavy atom. The van der Waals surface area contributed by atoms with Gasteiger partial charge in [-0.25, -0.2) is 4.79 Å². The Bertz CT molecular complexity index is 579. The van der Waals surface area contributed by atoms with Gasteiger partial charge in [-0.3, -0.25) is 4.98 Å². The molecule has 0 spiro atoms. The summed E-state index contributed by atoms with van der Waals surface area (Å²) in [4.78, 5) is 15.0. The molecule has 18 heavy (non-hydrogen) atoms. The lowest BCUT2D eigenvalue weighted by molar-refractivity contribution is 0.0698. The number of aromatic carboxylic acids is 1. The molecule has 1 heterocycles. The molecular formula is C13H11BrN2O2. The molecule has 0 saturated carbocycles. The SMILES string of the molecule is Cc1cc(Br)cc(Nc2cnccc2C(=O)O)c1. The van der Waals surface area contributed by atoms with Crippen molar-refractivity contribution in [3.8, 4) is 0 Å². The number of pyridine rings is 1. The Morgan fingerprint density at radius 2 is 2.17 bits per heavy atom. The van der Waals surface area contributed by atoms with E-state index >= 15 is 0 Å². The number of benzene rings is 1. The monoisotopic (exact) mass is 306 g/mol. The van der Waals surface area contributed by atoms with Crippen molar-refractivity contribution in [1.29, 1.82) is 0 Å². The predicted octanol–water partition coefficient (Wildman–Crippen LogP) is 3.59. The summed E-state index contributed by atoms with van der Waals surface area (Å²) in [6, 6.07) is 7.26. The molecule has 0 unspecified atom stereocenters. The molecule has 2 rings (SSSR count). The smallest absolute Gasteiger partial charge is 0.337 e. The lowest BCUT2D eigenvalue weighted by Gasteiger charge is -2.10. The van der Waals surface area contributed by atoms with Gasteiger partial charge in [0.15, 0.2) is 0 Å². The topological polar surface area (TPSA) is 62.2 Å². The first kappa shape index (κ1) is 12.6. The zero-order chi connectivity index (χ0) is 13.1. The highest BCUT2D eigenvalue weighted by Gasteiger charge is 2.09. The molecule has 4 nitrogen and oxygen atoms in total. The molecule has 0 aliphatic heterocycles. The number of nitrogens with zero attached hydrogens (tertiary/aromatic N) is 1. The minimum absolute atomic E-state index is 0.197. The average molecular weight is 307 g/mol. The van der Waals surface area contributed by atoms with Gasteiger partial charge in [-0.15, -0.1) is 0 Å². The summed E-state index contributed by atoms with van der Waals surface area (Å²) >= 11 is 3.40. The molecule has 1 aromatic carbocycles. The van der Waals surface area contributed by atoms with Crippen LogP contribution in [0.15, 0.2) is 41.1 Å². The van der Waals surface area contributed by atoms with Gasteiger partial charge in [-0.05, 0) is 36.8 Å².